The number of halogens is 5. The summed E-state index contributed by atoms with van der Waals surface area (Å²) in [7, 11) is 0. The number of fused-ring (bicyclic) bond motifs is 1. The zero-order valence-electron chi connectivity index (χ0n) is 16.3. The Kier molecular flexibility index (Phi) is 6.14. The first-order chi connectivity index (χ1) is 14.7. The number of imidazole rings is 1. The summed E-state index contributed by atoms with van der Waals surface area (Å²) in [5, 5.41) is 3.50. The van der Waals surface area contributed by atoms with Crippen molar-refractivity contribution in [2.24, 2.45) is 0 Å². The number of alkyl halides is 3. The summed E-state index contributed by atoms with van der Waals surface area (Å²) in [6, 6.07) is 11.1. The highest BCUT2D eigenvalue weighted by Crippen LogP contribution is 2.36. The molecule has 2 heterocycles. The van der Waals surface area contributed by atoms with Gasteiger partial charge in [-0.05, 0) is 43.2 Å². The van der Waals surface area contributed by atoms with Crippen LogP contribution in [0.1, 0.15) is 24.7 Å². The Balaban J connectivity index is 1.42. The first-order valence-electron chi connectivity index (χ1n) is 9.74. The molecule has 1 aliphatic rings. The van der Waals surface area contributed by atoms with Gasteiger partial charge < -0.3 is 9.88 Å². The Hall–Kier alpha value is -2.29. The van der Waals surface area contributed by atoms with Crippen LogP contribution < -0.4 is 5.32 Å². The highest BCUT2D eigenvalue weighted by molar-refractivity contribution is 6.42. The molecule has 2 aromatic carbocycles. The van der Waals surface area contributed by atoms with Crippen LogP contribution in [0.3, 0.4) is 0 Å². The van der Waals surface area contributed by atoms with E-state index in [1.54, 1.807) is 42.5 Å². The molecule has 0 aliphatic carbocycles. The van der Waals surface area contributed by atoms with Crippen LogP contribution in [0.4, 0.5) is 18.9 Å². The normalized spacial score (nSPS) is 16.0. The second-order valence-corrected chi connectivity index (χ2v) is 8.29. The largest absolute Gasteiger partial charge is 0.449 e. The van der Waals surface area contributed by atoms with Crippen molar-refractivity contribution >= 4 is 45.8 Å². The third kappa shape index (κ3) is 4.81. The number of carbonyl (C=O) groups is 1. The lowest BCUT2D eigenvalue weighted by atomic mass is 10.0. The summed E-state index contributed by atoms with van der Waals surface area (Å²) >= 11 is 11.8. The zero-order valence-corrected chi connectivity index (χ0v) is 17.8. The van der Waals surface area contributed by atoms with Gasteiger partial charge in [-0.25, -0.2) is 4.98 Å². The van der Waals surface area contributed by atoms with E-state index in [0.29, 0.717) is 52.7 Å². The molecule has 1 fully saturated rings. The molecule has 1 aliphatic heterocycles. The van der Waals surface area contributed by atoms with Crippen molar-refractivity contribution in [2.75, 3.05) is 25.0 Å². The molecule has 31 heavy (non-hydrogen) atoms. The van der Waals surface area contributed by atoms with Crippen LogP contribution in [0.25, 0.3) is 11.0 Å². The number of hydrogen-bond acceptors (Lipinski definition) is 3. The maximum atomic E-state index is 13.6. The van der Waals surface area contributed by atoms with E-state index in [2.05, 4.69) is 10.3 Å². The van der Waals surface area contributed by atoms with Crippen LogP contribution >= 0.6 is 23.2 Å². The Bertz CT molecular complexity index is 1110. The van der Waals surface area contributed by atoms with Gasteiger partial charge in [-0.1, -0.05) is 35.3 Å². The van der Waals surface area contributed by atoms with Crippen molar-refractivity contribution in [3.05, 3.63) is 58.3 Å². The van der Waals surface area contributed by atoms with Gasteiger partial charge in [0, 0.05) is 24.8 Å². The second kappa shape index (κ2) is 8.68. The number of amides is 1. The molecule has 0 radical (unpaired) electrons. The molecule has 164 valence electrons. The molecule has 0 saturated carbocycles. The van der Waals surface area contributed by atoms with Gasteiger partial charge in [0.25, 0.3) is 0 Å². The van der Waals surface area contributed by atoms with Gasteiger partial charge in [-0.3, -0.25) is 9.69 Å². The highest BCUT2D eigenvalue weighted by Gasteiger charge is 2.39. The average Bonchev–Trinajstić information content (AvgIpc) is 3.11. The van der Waals surface area contributed by atoms with Crippen molar-refractivity contribution in [3.63, 3.8) is 0 Å². The third-order valence-corrected chi connectivity index (χ3v) is 6.08. The van der Waals surface area contributed by atoms with Gasteiger partial charge in [0.2, 0.25) is 11.7 Å². The van der Waals surface area contributed by atoms with Gasteiger partial charge in [0.1, 0.15) is 0 Å². The summed E-state index contributed by atoms with van der Waals surface area (Å²) < 4.78 is 42.1. The van der Waals surface area contributed by atoms with Crippen molar-refractivity contribution in [1.29, 1.82) is 0 Å². The van der Waals surface area contributed by atoms with Crippen molar-refractivity contribution in [2.45, 2.75) is 25.1 Å². The number of para-hydroxylation sites is 2. The molecule has 0 unspecified atom stereocenters. The second-order valence-electron chi connectivity index (χ2n) is 7.48. The fourth-order valence-corrected chi connectivity index (χ4v) is 4.23. The zero-order chi connectivity index (χ0) is 22.2. The van der Waals surface area contributed by atoms with Gasteiger partial charge >= 0.3 is 6.18 Å². The molecule has 4 rings (SSSR count). The third-order valence-electron chi connectivity index (χ3n) is 5.34. The van der Waals surface area contributed by atoms with Crippen molar-refractivity contribution in [1.82, 2.24) is 14.5 Å². The lowest BCUT2D eigenvalue weighted by Gasteiger charge is -2.33. The molecule has 0 atom stereocenters. The summed E-state index contributed by atoms with van der Waals surface area (Å²) in [6.45, 7) is 1.15. The quantitative estimate of drug-likeness (QED) is 0.536. The van der Waals surface area contributed by atoms with E-state index in [0.717, 1.165) is 0 Å². The molecule has 1 saturated heterocycles. The molecule has 3 aromatic rings. The molecule has 0 bridgehead atoms. The monoisotopic (exact) mass is 470 g/mol. The predicted molar refractivity (Wildman–Crippen MR) is 115 cm³/mol. The van der Waals surface area contributed by atoms with Crippen LogP contribution in [0.15, 0.2) is 42.5 Å². The fourth-order valence-electron chi connectivity index (χ4n) is 3.93. The van der Waals surface area contributed by atoms with E-state index in [1.807, 2.05) is 4.90 Å². The van der Waals surface area contributed by atoms with Gasteiger partial charge in [-0.15, -0.1) is 0 Å². The fraction of sp³-hybridized carbons (Fsp3) is 0.333. The lowest BCUT2D eigenvalue weighted by Crippen LogP contribution is -2.40. The van der Waals surface area contributed by atoms with Crippen LogP contribution in [-0.4, -0.2) is 40.0 Å². The van der Waals surface area contributed by atoms with E-state index >= 15 is 0 Å². The van der Waals surface area contributed by atoms with Crippen LogP contribution in [0, 0.1) is 0 Å². The summed E-state index contributed by atoms with van der Waals surface area (Å²) in [4.78, 5) is 18.1. The highest BCUT2D eigenvalue weighted by atomic mass is 35.5. The van der Waals surface area contributed by atoms with E-state index in [9.17, 15) is 18.0 Å². The standard InChI is InChI=1S/C21H19Cl2F3N4O/c22-15-6-5-13(11-16(15)23)27-19(31)12-29-9-7-14(8-10-29)30-18-4-2-1-3-17(18)28-20(30)21(24,25)26/h1-6,11,14H,7-10,12H2,(H,27,31). The molecule has 1 amide bonds. The van der Waals surface area contributed by atoms with Crippen molar-refractivity contribution in [3.8, 4) is 0 Å². The predicted octanol–water partition coefficient (Wildman–Crippen LogP) is 5.64. The number of rotatable bonds is 4. The molecular formula is C21H19Cl2F3N4O. The summed E-state index contributed by atoms with van der Waals surface area (Å²) in [5.74, 6) is -1.09. The number of carbonyl (C=O) groups excluding carboxylic acids is 1. The number of nitrogens with one attached hydrogen (secondary N) is 1. The van der Waals surface area contributed by atoms with Crippen LogP contribution in [0.2, 0.25) is 10.0 Å². The number of likely N-dealkylation sites (tertiary alicyclic amines) is 1. The Morgan fingerprint density at radius 1 is 1.10 bits per heavy atom. The minimum absolute atomic E-state index is 0.143. The maximum absolute atomic E-state index is 13.6. The number of aromatic nitrogens is 2. The van der Waals surface area contributed by atoms with Crippen LogP contribution in [0.5, 0.6) is 0 Å². The first kappa shape index (κ1) is 21.9. The summed E-state index contributed by atoms with van der Waals surface area (Å²) in [6.07, 6.45) is -3.55. The molecule has 1 N–H and O–H groups in total. The number of hydrogen-bond donors (Lipinski definition) is 1. The minimum atomic E-state index is -4.53. The topological polar surface area (TPSA) is 50.2 Å². The average molecular weight is 471 g/mol. The smallest absolute Gasteiger partial charge is 0.325 e. The molecule has 1 aromatic heterocycles. The minimum Gasteiger partial charge on any atom is -0.325 e. The number of piperidine rings is 1. The van der Waals surface area contributed by atoms with Crippen LogP contribution in [-0.2, 0) is 11.0 Å². The van der Waals surface area contributed by atoms with E-state index in [-0.39, 0.29) is 18.5 Å². The van der Waals surface area contributed by atoms with Crippen molar-refractivity contribution < 1.29 is 18.0 Å². The van der Waals surface area contributed by atoms with E-state index in [4.69, 9.17) is 23.2 Å². The summed E-state index contributed by atoms with van der Waals surface area (Å²) in [5.41, 5.74) is 1.35. The van der Waals surface area contributed by atoms with E-state index in [1.165, 1.54) is 4.57 Å². The maximum Gasteiger partial charge on any atom is 0.449 e. The molecule has 5 nitrogen and oxygen atoms in total. The first-order valence-corrected chi connectivity index (χ1v) is 10.5. The number of anilines is 1. The molecule has 0 spiro atoms. The molecule has 10 heteroatoms. The Labute approximate surface area is 186 Å². The van der Waals surface area contributed by atoms with E-state index < -0.39 is 12.0 Å². The van der Waals surface area contributed by atoms with Gasteiger partial charge in [-0.2, -0.15) is 13.2 Å². The van der Waals surface area contributed by atoms with Gasteiger partial charge in [0.15, 0.2) is 0 Å². The Morgan fingerprint density at radius 2 is 1.81 bits per heavy atom. The number of nitrogens with zero attached hydrogens (tertiary/aromatic N) is 3. The van der Waals surface area contributed by atoms with Gasteiger partial charge in [0.05, 0.1) is 27.6 Å². The molecular weight excluding hydrogens is 452 g/mol. The Morgan fingerprint density at radius 3 is 2.48 bits per heavy atom. The SMILES string of the molecule is O=C(CN1CCC(n2c(C(F)(F)F)nc3ccccc32)CC1)Nc1ccc(Cl)c(Cl)c1. The lowest BCUT2D eigenvalue weighted by molar-refractivity contribution is -0.147. The number of benzene rings is 2.